The minimum Gasteiger partial charge on any atom is -0.493 e. The van der Waals surface area contributed by atoms with Gasteiger partial charge in [-0.2, -0.15) is 0 Å². The molecule has 0 aliphatic carbocycles. The lowest BCUT2D eigenvalue weighted by Crippen LogP contribution is -2.22. The second-order valence-electron chi connectivity index (χ2n) is 6.04. The Labute approximate surface area is 164 Å². The maximum Gasteiger partial charge on any atom is 0.251 e. The van der Waals surface area contributed by atoms with E-state index in [2.05, 4.69) is 10.3 Å². The minimum atomic E-state index is -0.161. The Hall–Kier alpha value is -3.54. The van der Waals surface area contributed by atoms with Gasteiger partial charge in [0.1, 0.15) is 0 Å². The molecule has 1 heterocycles. The predicted molar refractivity (Wildman–Crippen MR) is 107 cm³/mol. The van der Waals surface area contributed by atoms with E-state index in [0.717, 1.165) is 16.7 Å². The highest BCUT2D eigenvalue weighted by Crippen LogP contribution is 2.38. The average molecular weight is 378 g/mol. The third-order valence-corrected chi connectivity index (χ3v) is 4.32. The number of nitrogens with zero attached hydrogens (tertiary/aromatic N) is 1. The maximum atomic E-state index is 12.5. The number of aromatic nitrogens is 1. The van der Waals surface area contributed by atoms with Crippen molar-refractivity contribution in [2.75, 3.05) is 21.3 Å². The molecule has 0 saturated heterocycles. The van der Waals surface area contributed by atoms with Gasteiger partial charge in [-0.25, -0.2) is 0 Å². The Kier molecular flexibility index (Phi) is 6.11. The number of hydrogen-bond donors (Lipinski definition) is 1. The van der Waals surface area contributed by atoms with Crippen LogP contribution >= 0.6 is 0 Å². The summed E-state index contributed by atoms with van der Waals surface area (Å²) in [5.74, 6) is 1.46. The predicted octanol–water partition coefficient (Wildman–Crippen LogP) is 3.70. The Balaban J connectivity index is 1.70. The van der Waals surface area contributed by atoms with Crippen molar-refractivity contribution >= 4 is 5.91 Å². The number of methoxy groups -OCH3 is 3. The monoisotopic (exact) mass is 378 g/mol. The summed E-state index contributed by atoms with van der Waals surface area (Å²) in [5.41, 5.74) is 3.44. The first-order valence-corrected chi connectivity index (χ1v) is 8.73. The fourth-order valence-electron chi connectivity index (χ4n) is 2.87. The molecule has 0 spiro atoms. The van der Waals surface area contributed by atoms with Gasteiger partial charge in [-0.1, -0.05) is 18.2 Å². The van der Waals surface area contributed by atoms with E-state index in [0.29, 0.717) is 29.4 Å². The molecule has 28 heavy (non-hydrogen) atoms. The molecule has 3 aromatic rings. The van der Waals surface area contributed by atoms with Crippen LogP contribution < -0.4 is 19.5 Å². The number of carbonyl (C=O) groups excluding carboxylic acids is 1. The second-order valence-corrected chi connectivity index (χ2v) is 6.04. The summed E-state index contributed by atoms with van der Waals surface area (Å²) in [7, 11) is 4.67. The molecule has 144 valence electrons. The van der Waals surface area contributed by atoms with E-state index in [4.69, 9.17) is 14.2 Å². The number of amides is 1. The quantitative estimate of drug-likeness (QED) is 0.679. The van der Waals surface area contributed by atoms with E-state index >= 15 is 0 Å². The third kappa shape index (κ3) is 4.23. The first-order valence-electron chi connectivity index (χ1n) is 8.73. The molecule has 0 unspecified atom stereocenters. The summed E-state index contributed by atoms with van der Waals surface area (Å²) in [6, 6.07) is 14.9. The van der Waals surface area contributed by atoms with Crippen LogP contribution in [0.2, 0.25) is 0 Å². The summed E-state index contributed by atoms with van der Waals surface area (Å²) in [6.07, 6.45) is 3.52. The van der Waals surface area contributed by atoms with Crippen molar-refractivity contribution < 1.29 is 19.0 Å². The van der Waals surface area contributed by atoms with Gasteiger partial charge in [-0.3, -0.25) is 9.78 Å². The lowest BCUT2D eigenvalue weighted by Gasteiger charge is -2.14. The van der Waals surface area contributed by atoms with E-state index in [-0.39, 0.29) is 5.91 Å². The van der Waals surface area contributed by atoms with E-state index in [1.54, 1.807) is 45.9 Å². The first kappa shape index (κ1) is 19.2. The Bertz CT molecular complexity index is 916. The number of pyridine rings is 1. The van der Waals surface area contributed by atoms with Crippen molar-refractivity contribution in [2.24, 2.45) is 0 Å². The SMILES string of the molecule is COc1cc(CNC(=O)c2ccc(-c3cccnc3)cc2)cc(OC)c1OC. The molecule has 0 saturated carbocycles. The van der Waals surface area contributed by atoms with Crippen molar-refractivity contribution in [3.63, 3.8) is 0 Å². The highest BCUT2D eigenvalue weighted by molar-refractivity contribution is 5.94. The van der Waals surface area contributed by atoms with Crippen LogP contribution in [0.5, 0.6) is 17.2 Å². The second kappa shape index (κ2) is 8.90. The Morgan fingerprint density at radius 3 is 2.14 bits per heavy atom. The van der Waals surface area contributed by atoms with E-state index in [1.807, 2.05) is 36.4 Å². The summed E-state index contributed by atoms with van der Waals surface area (Å²) in [4.78, 5) is 16.6. The Morgan fingerprint density at radius 1 is 0.929 bits per heavy atom. The topological polar surface area (TPSA) is 69.7 Å². The van der Waals surface area contributed by atoms with Crippen molar-refractivity contribution in [1.29, 1.82) is 0 Å². The lowest BCUT2D eigenvalue weighted by atomic mass is 10.1. The van der Waals surface area contributed by atoms with Gasteiger partial charge in [0.25, 0.3) is 5.91 Å². The highest BCUT2D eigenvalue weighted by atomic mass is 16.5. The minimum absolute atomic E-state index is 0.161. The molecule has 0 atom stereocenters. The van der Waals surface area contributed by atoms with Crippen LogP contribution in [-0.2, 0) is 6.54 Å². The number of nitrogens with one attached hydrogen (secondary N) is 1. The standard InChI is InChI=1S/C22H22N2O4/c1-26-19-11-15(12-20(27-2)21(19)28-3)13-24-22(25)17-8-6-16(7-9-17)18-5-4-10-23-14-18/h4-12,14H,13H2,1-3H3,(H,24,25). The van der Waals surface area contributed by atoms with Crippen molar-refractivity contribution in [3.8, 4) is 28.4 Å². The molecular formula is C22H22N2O4. The number of rotatable bonds is 7. The molecule has 0 aliphatic heterocycles. The number of ether oxygens (including phenoxy) is 3. The van der Waals surface area contributed by atoms with Crippen molar-refractivity contribution in [3.05, 3.63) is 72.1 Å². The molecular weight excluding hydrogens is 356 g/mol. The number of benzene rings is 2. The molecule has 1 amide bonds. The molecule has 6 heteroatoms. The fraction of sp³-hybridized carbons (Fsp3) is 0.182. The van der Waals surface area contributed by atoms with E-state index in [9.17, 15) is 4.79 Å². The first-order chi connectivity index (χ1) is 13.7. The molecule has 6 nitrogen and oxygen atoms in total. The molecule has 0 fully saturated rings. The molecule has 1 aromatic heterocycles. The van der Waals surface area contributed by atoms with Crippen LogP contribution in [0, 0.1) is 0 Å². The summed E-state index contributed by atoms with van der Waals surface area (Å²) < 4.78 is 16.0. The zero-order chi connectivity index (χ0) is 19.9. The van der Waals surface area contributed by atoms with Crippen molar-refractivity contribution in [2.45, 2.75) is 6.54 Å². The zero-order valence-electron chi connectivity index (χ0n) is 16.1. The van der Waals surface area contributed by atoms with Gasteiger partial charge in [0, 0.05) is 24.5 Å². The number of carbonyl (C=O) groups is 1. The Morgan fingerprint density at radius 2 is 1.61 bits per heavy atom. The lowest BCUT2D eigenvalue weighted by molar-refractivity contribution is 0.0951. The molecule has 1 N–H and O–H groups in total. The van der Waals surface area contributed by atoms with Gasteiger partial charge in [-0.15, -0.1) is 0 Å². The molecule has 3 rings (SSSR count). The van der Waals surface area contributed by atoms with Gasteiger partial charge in [0.05, 0.1) is 21.3 Å². The number of hydrogen-bond acceptors (Lipinski definition) is 5. The molecule has 2 aromatic carbocycles. The van der Waals surface area contributed by atoms with Gasteiger partial charge >= 0.3 is 0 Å². The van der Waals surface area contributed by atoms with Gasteiger partial charge in [-0.05, 0) is 47.0 Å². The van der Waals surface area contributed by atoms with Crippen molar-refractivity contribution in [1.82, 2.24) is 10.3 Å². The largest absolute Gasteiger partial charge is 0.493 e. The van der Waals surface area contributed by atoms with Gasteiger partial charge < -0.3 is 19.5 Å². The van der Waals surface area contributed by atoms with Crippen LogP contribution in [0.1, 0.15) is 15.9 Å². The fourth-order valence-corrected chi connectivity index (χ4v) is 2.87. The van der Waals surface area contributed by atoms with E-state index in [1.165, 1.54) is 0 Å². The van der Waals surface area contributed by atoms with Gasteiger partial charge in [0.2, 0.25) is 5.75 Å². The van der Waals surface area contributed by atoms with Crippen LogP contribution in [0.3, 0.4) is 0 Å². The van der Waals surface area contributed by atoms with Crippen LogP contribution in [-0.4, -0.2) is 32.2 Å². The maximum absolute atomic E-state index is 12.5. The average Bonchev–Trinajstić information content (AvgIpc) is 2.77. The normalized spacial score (nSPS) is 10.2. The highest BCUT2D eigenvalue weighted by Gasteiger charge is 2.14. The smallest absolute Gasteiger partial charge is 0.251 e. The van der Waals surface area contributed by atoms with Crippen LogP contribution in [0.4, 0.5) is 0 Å². The molecule has 0 aliphatic rings. The summed E-state index contributed by atoms with van der Waals surface area (Å²) in [5, 5.41) is 2.91. The summed E-state index contributed by atoms with van der Waals surface area (Å²) >= 11 is 0. The summed E-state index contributed by atoms with van der Waals surface area (Å²) in [6.45, 7) is 0.333. The van der Waals surface area contributed by atoms with Crippen LogP contribution in [0.15, 0.2) is 60.9 Å². The van der Waals surface area contributed by atoms with Gasteiger partial charge in [0.15, 0.2) is 11.5 Å². The van der Waals surface area contributed by atoms with Crippen LogP contribution in [0.25, 0.3) is 11.1 Å². The molecule has 0 bridgehead atoms. The molecule has 0 radical (unpaired) electrons. The zero-order valence-corrected chi connectivity index (χ0v) is 16.1. The third-order valence-electron chi connectivity index (χ3n) is 4.32. The van der Waals surface area contributed by atoms with E-state index < -0.39 is 0 Å².